The molecule has 0 saturated carbocycles. The minimum Gasteiger partial charge on any atom is -0.378 e. The molecule has 10 heteroatoms. The highest BCUT2D eigenvalue weighted by Gasteiger charge is 2.23. The molecule has 4 heterocycles. The number of benzene rings is 1. The summed E-state index contributed by atoms with van der Waals surface area (Å²) in [5.41, 5.74) is 2.47. The number of hydrogen-bond acceptors (Lipinski definition) is 7. The van der Waals surface area contributed by atoms with Crippen molar-refractivity contribution in [3.63, 3.8) is 0 Å². The first-order valence-corrected chi connectivity index (χ1v) is 11.9. The summed E-state index contributed by atoms with van der Waals surface area (Å²) in [5, 5.41) is 1.28. The predicted octanol–water partition coefficient (Wildman–Crippen LogP) is 3.57. The van der Waals surface area contributed by atoms with E-state index in [4.69, 9.17) is 37.9 Å². The SMILES string of the molecule is Clc1cccc(Cl)c1Cn1cnc2c(N3CCOCC3)nc(N3CCSCC3)nc21. The number of imidazole rings is 1. The molecule has 7 nitrogen and oxygen atoms in total. The van der Waals surface area contributed by atoms with Crippen LogP contribution < -0.4 is 9.80 Å². The van der Waals surface area contributed by atoms with Crippen molar-refractivity contribution in [1.29, 1.82) is 0 Å². The molecule has 158 valence electrons. The minimum absolute atomic E-state index is 0.504. The Morgan fingerprint density at radius 1 is 0.967 bits per heavy atom. The Kier molecular flexibility index (Phi) is 5.91. The third-order valence-electron chi connectivity index (χ3n) is 5.43. The van der Waals surface area contributed by atoms with Gasteiger partial charge in [-0.2, -0.15) is 21.7 Å². The van der Waals surface area contributed by atoms with Crippen molar-refractivity contribution < 1.29 is 4.74 Å². The van der Waals surface area contributed by atoms with Gasteiger partial charge in [0.2, 0.25) is 5.95 Å². The molecule has 0 bridgehead atoms. The van der Waals surface area contributed by atoms with E-state index in [1.807, 2.05) is 34.5 Å². The van der Waals surface area contributed by atoms with Crippen LogP contribution in [0.3, 0.4) is 0 Å². The Morgan fingerprint density at radius 3 is 2.43 bits per heavy atom. The van der Waals surface area contributed by atoms with E-state index >= 15 is 0 Å². The van der Waals surface area contributed by atoms with E-state index in [0.717, 1.165) is 66.2 Å². The molecule has 0 N–H and O–H groups in total. The van der Waals surface area contributed by atoms with Crippen LogP contribution >= 0.6 is 35.0 Å². The van der Waals surface area contributed by atoms with Crippen molar-refractivity contribution in [3.8, 4) is 0 Å². The number of fused-ring (bicyclic) bond motifs is 1. The predicted molar refractivity (Wildman–Crippen MR) is 123 cm³/mol. The molecule has 2 aromatic heterocycles. The van der Waals surface area contributed by atoms with Gasteiger partial charge in [0, 0.05) is 53.3 Å². The molecule has 0 spiro atoms. The van der Waals surface area contributed by atoms with Crippen LogP contribution in [0.15, 0.2) is 24.5 Å². The van der Waals surface area contributed by atoms with Gasteiger partial charge in [-0.15, -0.1) is 0 Å². The Bertz CT molecular complexity index is 1030. The van der Waals surface area contributed by atoms with Gasteiger partial charge in [-0.3, -0.25) is 0 Å². The zero-order valence-electron chi connectivity index (χ0n) is 16.4. The van der Waals surface area contributed by atoms with Gasteiger partial charge in [-0.25, -0.2) is 4.98 Å². The summed E-state index contributed by atoms with van der Waals surface area (Å²) in [6.45, 7) is 5.37. The molecule has 30 heavy (non-hydrogen) atoms. The molecule has 2 fully saturated rings. The zero-order valence-corrected chi connectivity index (χ0v) is 18.8. The van der Waals surface area contributed by atoms with Crippen LogP contribution in [-0.2, 0) is 11.3 Å². The second-order valence-corrected chi connectivity index (χ2v) is 9.33. The lowest BCUT2D eigenvalue weighted by molar-refractivity contribution is 0.122. The second kappa shape index (κ2) is 8.78. The lowest BCUT2D eigenvalue weighted by Crippen LogP contribution is -2.38. The molecule has 0 unspecified atom stereocenters. The summed E-state index contributed by atoms with van der Waals surface area (Å²) >= 11 is 14.8. The van der Waals surface area contributed by atoms with Crippen LogP contribution in [0.1, 0.15) is 5.56 Å². The lowest BCUT2D eigenvalue weighted by Gasteiger charge is -2.30. The number of halogens is 2. The highest BCUT2D eigenvalue weighted by atomic mass is 35.5. The number of morpholine rings is 1. The normalized spacial score (nSPS) is 17.7. The van der Waals surface area contributed by atoms with Gasteiger partial charge in [0.15, 0.2) is 17.0 Å². The lowest BCUT2D eigenvalue weighted by atomic mass is 10.2. The van der Waals surface area contributed by atoms with E-state index in [1.165, 1.54) is 0 Å². The van der Waals surface area contributed by atoms with E-state index in [2.05, 4.69) is 14.8 Å². The number of hydrogen-bond donors (Lipinski definition) is 0. The van der Waals surface area contributed by atoms with Gasteiger partial charge in [0.25, 0.3) is 0 Å². The smallest absolute Gasteiger partial charge is 0.229 e. The first kappa shape index (κ1) is 20.2. The Hall–Kier alpha value is -1.74. The number of ether oxygens (including phenoxy) is 1. The van der Waals surface area contributed by atoms with Crippen molar-refractivity contribution in [2.45, 2.75) is 6.54 Å². The number of aromatic nitrogens is 4. The van der Waals surface area contributed by atoms with Crippen LogP contribution in [0.4, 0.5) is 11.8 Å². The molecule has 5 rings (SSSR count). The fourth-order valence-electron chi connectivity index (χ4n) is 3.79. The van der Waals surface area contributed by atoms with E-state index < -0.39 is 0 Å². The van der Waals surface area contributed by atoms with E-state index in [0.29, 0.717) is 29.8 Å². The van der Waals surface area contributed by atoms with Crippen molar-refractivity contribution >= 4 is 57.9 Å². The summed E-state index contributed by atoms with van der Waals surface area (Å²) in [6, 6.07) is 5.56. The summed E-state index contributed by atoms with van der Waals surface area (Å²) < 4.78 is 7.55. The number of nitrogens with zero attached hydrogens (tertiary/aromatic N) is 6. The maximum atomic E-state index is 6.42. The minimum atomic E-state index is 0.504. The fraction of sp³-hybridized carbons (Fsp3) is 0.450. The maximum Gasteiger partial charge on any atom is 0.229 e. The van der Waals surface area contributed by atoms with Crippen molar-refractivity contribution in [2.75, 3.05) is 60.7 Å². The van der Waals surface area contributed by atoms with E-state index in [1.54, 1.807) is 6.33 Å². The summed E-state index contributed by atoms with van der Waals surface area (Å²) in [5.74, 6) is 3.81. The fourth-order valence-corrected chi connectivity index (χ4v) is 5.21. The highest BCUT2D eigenvalue weighted by Crippen LogP contribution is 2.30. The summed E-state index contributed by atoms with van der Waals surface area (Å²) in [6.07, 6.45) is 1.80. The Morgan fingerprint density at radius 2 is 1.70 bits per heavy atom. The third-order valence-corrected chi connectivity index (χ3v) is 7.08. The molecular weight excluding hydrogens is 443 g/mol. The third kappa shape index (κ3) is 3.93. The molecular formula is C20H22Cl2N6OS. The van der Waals surface area contributed by atoms with Crippen molar-refractivity contribution in [3.05, 3.63) is 40.1 Å². The Balaban J connectivity index is 1.60. The molecule has 3 aromatic rings. The molecule has 0 radical (unpaired) electrons. The average Bonchev–Trinajstić information content (AvgIpc) is 3.20. The largest absolute Gasteiger partial charge is 0.378 e. The molecule has 1 aromatic carbocycles. The van der Waals surface area contributed by atoms with Gasteiger partial charge in [-0.05, 0) is 12.1 Å². The van der Waals surface area contributed by atoms with Crippen LogP contribution in [0.2, 0.25) is 10.0 Å². The van der Waals surface area contributed by atoms with E-state index in [9.17, 15) is 0 Å². The van der Waals surface area contributed by atoms with Crippen LogP contribution in [0.5, 0.6) is 0 Å². The standard InChI is InChI=1S/C20H22Cl2N6OS/c21-15-2-1-3-16(22)14(15)12-28-13-23-17-18(26-4-8-29-9-5-26)24-20(25-19(17)28)27-6-10-30-11-7-27/h1-3,13H,4-12H2. The maximum absolute atomic E-state index is 6.42. The number of thioether (sulfide) groups is 1. The molecule has 0 atom stereocenters. The topological polar surface area (TPSA) is 59.3 Å². The first-order chi connectivity index (χ1) is 14.7. The Labute approximate surface area is 189 Å². The molecule has 0 aliphatic carbocycles. The number of anilines is 2. The first-order valence-electron chi connectivity index (χ1n) is 10.0. The van der Waals surface area contributed by atoms with Crippen LogP contribution in [-0.4, -0.2) is 70.4 Å². The van der Waals surface area contributed by atoms with Crippen LogP contribution in [0.25, 0.3) is 11.2 Å². The van der Waals surface area contributed by atoms with E-state index in [-0.39, 0.29) is 0 Å². The van der Waals surface area contributed by atoms with Gasteiger partial charge < -0.3 is 19.1 Å². The monoisotopic (exact) mass is 464 g/mol. The van der Waals surface area contributed by atoms with Crippen molar-refractivity contribution in [1.82, 2.24) is 19.5 Å². The zero-order chi connectivity index (χ0) is 20.5. The highest BCUT2D eigenvalue weighted by molar-refractivity contribution is 7.99. The molecule has 2 saturated heterocycles. The summed E-state index contributed by atoms with van der Waals surface area (Å²) in [4.78, 5) is 19.1. The quantitative estimate of drug-likeness (QED) is 0.584. The molecule has 2 aliphatic rings. The van der Waals surface area contributed by atoms with Gasteiger partial charge in [0.05, 0.1) is 26.1 Å². The average molecular weight is 465 g/mol. The second-order valence-electron chi connectivity index (χ2n) is 7.29. The van der Waals surface area contributed by atoms with Crippen LogP contribution in [0, 0.1) is 0 Å². The molecule has 2 aliphatic heterocycles. The van der Waals surface area contributed by atoms with Gasteiger partial charge in [-0.1, -0.05) is 29.3 Å². The number of rotatable bonds is 4. The van der Waals surface area contributed by atoms with Crippen molar-refractivity contribution in [2.24, 2.45) is 0 Å². The van der Waals surface area contributed by atoms with Gasteiger partial charge in [0.1, 0.15) is 0 Å². The van der Waals surface area contributed by atoms with Gasteiger partial charge >= 0.3 is 0 Å². The summed E-state index contributed by atoms with van der Waals surface area (Å²) in [7, 11) is 0. The molecule has 0 amide bonds.